The number of rotatable bonds is 5. The van der Waals surface area contributed by atoms with E-state index in [2.05, 4.69) is 31.2 Å². The highest BCUT2D eigenvalue weighted by atomic mass is 16.5. The molecular weight excluding hydrogens is 174 g/mol. The number of aryl methyl sites for hydroxylation is 1. The van der Waals surface area contributed by atoms with Crippen molar-refractivity contribution in [2.24, 2.45) is 5.73 Å². The molecule has 0 spiro atoms. The summed E-state index contributed by atoms with van der Waals surface area (Å²) < 4.78 is 5.01. The lowest BCUT2D eigenvalue weighted by Gasteiger charge is -2.11. The van der Waals surface area contributed by atoms with E-state index in [0.29, 0.717) is 6.61 Å². The number of methoxy groups -OCH3 is 1. The largest absolute Gasteiger partial charge is 0.383 e. The molecule has 1 rings (SSSR count). The van der Waals surface area contributed by atoms with Crippen molar-refractivity contribution in [3.8, 4) is 0 Å². The van der Waals surface area contributed by atoms with E-state index in [1.165, 1.54) is 12.0 Å². The SMILES string of the molecule is CCCc1ccc(C(N)COC)cc1. The zero-order chi connectivity index (χ0) is 10.4. The smallest absolute Gasteiger partial charge is 0.0655 e. The fourth-order valence-electron chi connectivity index (χ4n) is 1.50. The zero-order valence-electron chi connectivity index (χ0n) is 8.99. The summed E-state index contributed by atoms with van der Waals surface area (Å²) in [5.74, 6) is 0. The summed E-state index contributed by atoms with van der Waals surface area (Å²) in [6.07, 6.45) is 2.32. The Kier molecular flexibility index (Phi) is 4.63. The number of ether oxygens (including phenoxy) is 1. The maximum atomic E-state index is 5.90. The summed E-state index contributed by atoms with van der Waals surface area (Å²) >= 11 is 0. The summed E-state index contributed by atoms with van der Waals surface area (Å²) in [6, 6.07) is 8.47. The zero-order valence-corrected chi connectivity index (χ0v) is 8.99. The second kappa shape index (κ2) is 5.78. The van der Waals surface area contributed by atoms with E-state index in [9.17, 15) is 0 Å². The molecule has 0 fully saturated rings. The Morgan fingerprint density at radius 3 is 2.43 bits per heavy atom. The van der Waals surface area contributed by atoms with E-state index >= 15 is 0 Å². The molecule has 0 aliphatic carbocycles. The van der Waals surface area contributed by atoms with Crippen LogP contribution in [0.3, 0.4) is 0 Å². The highest BCUT2D eigenvalue weighted by molar-refractivity contribution is 5.24. The fourth-order valence-corrected chi connectivity index (χ4v) is 1.50. The lowest BCUT2D eigenvalue weighted by atomic mass is 10.0. The Bertz CT molecular complexity index is 256. The topological polar surface area (TPSA) is 35.2 Å². The fraction of sp³-hybridized carbons (Fsp3) is 0.500. The van der Waals surface area contributed by atoms with Crippen molar-refractivity contribution in [3.63, 3.8) is 0 Å². The van der Waals surface area contributed by atoms with Crippen LogP contribution in [-0.4, -0.2) is 13.7 Å². The highest BCUT2D eigenvalue weighted by Crippen LogP contribution is 2.12. The lowest BCUT2D eigenvalue weighted by Crippen LogP contribution is -2.15. The molecule has 14 heavy (non-hydrogen) atoms. The first kappa shape index (κ1) is 11.2. The van der Waals surface area contributed by atoms with Crippen LogP contribution in [0.5, 0.6) is 0 Å². The Labute approximate surface area is 86.1 Å². The first-order chi connectivity index (χ1) is 6.77. The van der Waals surface area contributed by atoms with Gasteiger partial charge < -0.3 is 10.5 Å². The predicted octanol–water partition coefficient (Wildman–Crippen LogP) is 2.29. The molecule has 2 heteroatoms. The van der Waals surface area contributed by atoms with Crippen LogP contribution < -0.4 is 5.73 Å². The summed E-state index contributed by atoms with van der Waals surface area (Å²) in [5, 5.41) is 0. The molecule has 0 bridgehead atoms. The Hall–Kier alpha value is -0.860. The number of nitrogens with two attached hydrogens (primary N) is 1. The highest BCUT2D eigenvalue weighted by Gasteiger charge is 2.04. The molecule has 1 aromatic rings. The molecule has 0 heterocycles. The second-order valence-corrected chi connectivity index (χ2v) is 3.55. The van der Waals surface area contributed by atoms with Crippen LogP contribution >= 0.6 is 0 Å². The van der Waals surface area contributed by atoms with Crippen molar-refractivity contribution >= 4 is 0 Å². The van der Waals surface area contributed by atoms with Gasteiger partial charge in [0.15, 0.2) is 0 Å². The molecule has 0 saturated carbocycles. The maximum absolute atomic E-state index is 5.90. The number of hydrogen-bond donors (Lipinski definition) is 1. The van der Waals surface area contributed by atoms with E-state index in [4.69, 9.17) is 10.5 Å². The van der Waals surface area contributed by atoms with Gasteiger partial charge in [-0.3, -0.25) is 0 Å². The molecule has 2 N–H and O–H groups in total. The van der Waals surface area contributed by atoms with Gasteiger partial charge in [-0.2, -0.15) is 0 Å². The molecule has 1 unspecified atom stereocenters. The van der Waals surface area contributed by atoms with Gasteiger partial charge in [0, 0.05) is 7.11 Å². The third kappa shape index (κ3) is 3.13. The molecule has 1 aromatic carbocycles. The van der Waals surface area contributed by atoms with Gasteiger partial charge in [0.05, 0.1) is 12.6 Å². The second-order valence-electron chi connectivity index (χ2n) is 3.55. The Balaban J connectivity index is 2.62. The van der Waals surface area contributed by atoms with Crippen LogP contribution in [0.1, 0.15) is 30.5 Å². The standard InChI is InChI=1S/C12H19NO/c1-3-4-10-5-7-11(8-6-10)12(13)9-14-2/h5-8,12H,3-4,9,13H2,1-2H3. The molecule has 0 radical (unpaired) electrons. The molecule has 0 amide bonds. The van der Waals surface area contributed by atoms with Crippen LogP contribution in [0.15, 0.2) is 24.3 Å². The first-order valence-corrected chi connectivity index (χ1v) is 5.11. The minimum absolute atomic E-state index is 0.00400. The van der Waals surface area contributed by atoms with Crippen molar-refractivity contribution in [1.29, 1.82) is 0 Å². The van der Waals surface area contributed by atoms with Gasteiger partial charge in [-0.1, -0.05) is 37.6 Å². The quantitative estimate of drug-likeness (QED) is 0.778. The molecular formula is C12H19NO. The van der Waals surface area contributed by atoms with Crippen molar-refractivity contribution in [2.75, 3.05) is 13.7 Å². The van der Waals surface area contributed by atoms with E-state index < -0.39 is 0 Å². The molecule has 0 saturated heterocycles. The summed E-state index contributed by atoms with van der Waals surface area (Å²) in [7, 11) is 1.67. The van der Waals surface area contributed by atoms with Crippen LogP contribution in [-0.2, 0) is 11.2 Å². The molecule has 0 aliphatic rings. The van der Waals surface area contributed by atoms with E-state index in [1.807, 2.05) is 0 Å². The average Bonchev–Trinajstić information content (AvgIpc) is 2.20. The van der Waals surface area contributed by atoms with E-state index in [-0.39, 0.29) is 6.04 Å². The minimum Gasteiger partial charge on any atom is -0.383 e. The Morgan fingerprint density at radius 2 is 1.93 bits per heavy atom. The summed E-state index contributed by atoms with van der Waals surface area (Å²) in [5.41, 5.74) is 8.43. The van der Waals surface area contributed by atoms with Crippen molar-refractivity contribution < 1.29 is 4.74 Å². The third-order valence-electron chi connectivity index (χ3n) is 2.29. The van der Waals surface area contributed by atoms with Crippen LogP contribution in [0.25, 0.3) is 0 Å². The van der Waals surface area contributed by atoms with Gasteiger partial charge in [-0.05, 0) is 17.5 Å². The van der Waals surface area contributed by atoms with Gasteiger partial charge in [0.25, 0.3) is 0 Å². The molecule has 0 aliphatic heterocycles. The lowest BCUT2D eigenvalue weighted by molar-refractivity contribution is 0.181. The summed E-state index contributed by atoms with van der Waals surface area (Å²) in [6.45, 7) is 2.76. The molecule has 0 aromatic heterocycles. The van der Waals surface area contributed by atoms with Gasteiger partial charge in [0.1, 0.15) is 0 Å². The third-order valence-corrected chi connectivity index (χ3v) is 2.29. The summed E-state index contributed by atoms with van der Waals surface area (Å²) in [4.78, 5) is 0. The number of hydrogen-bond acceptors (Lipinski definition) is 2. The first-order valence-electron chi connectivity index (χ1n) is 5.11. The van der Waals surface area contributed by atoms with Crippen LogP contribution in [0.4, 0.5) is 0 Å². The minimum atomic E-state index is -0.00400. The van der Waals surface area contributed by atoms with Crippen molar-refractivity contribution in [2.45, 2.75) is 25.8 Å². The van der Waals surface area contributed by atoms with Crippen LogP contribution in [0.2, 0.25) is 0 Å². The van der Waals surface area contributed by atoms with Gasteiger partial charge >= 0.3 is 0 Å². The van der Waals surface area contributed by atoms with Gasteiger partial charge in [0.2, 0.25) is 0 Å². The normalized spacial score (nSPS) is 12.8. The predicted molar refractivity (Wildman–Crippen MR) is 59.2 cm³/mol. The van der Waals surface area contributed by atoms with Crippen molar-refractivity contribution in [1.82, 2.24) is 0 Å². The molecule has 1 atom stereocenters. The van der Waals surface area contributed by atoms with Gasteiger partial charge in [-0.15, -0.1) is 0 Å². The van der Waals surface area contributed by atoms with E-state index in [0.717, 1.165) is 12.0 Å². The average molecular weight is 193 g/mol. The van der Waals surface area contributed by atoms with Crippen LogP contribution in [0, 0.1) is 0 Å². The van der Waals surface area contributed by atoms with Crippen molar-refractivity contribution in [3.05, 3.63) is 35.4 Å². The molecule has 2 nitrogen and oxygen atoms in total. The number of benzene rings is 1. The Morgan fingerprint density at radius 1 is 1.29 bits per heavy atom. The van der Waals surface area contributed by atoms with E-state index in [1.54, 1.807) is 7.11 Å². The van der Waals surface area contributed by atoms with Gasteiger partial charge in [-0.25, -0.2) is 0 Å². The maximum Gasteiger partial charge on any atom is 0.0655 e. The molecule has 78 valence electrons. The monoisotopic (exact) mass is 193 g/mol.